The highest BCUT2D eigenvalue weighted by Crippen LogP contribution is 2.11. The Hall–Kier alpha value is -1.88. The second-order valence-corrected chi connectivity index (χ2v) is 4.25. The highest BCUT2D eigenvalue weighted by molar-refractivity contribution is 7.12. The molecular weight excluding hydrogens is 224 g/mol. The van der Waals surface area contributed by atoms with Crippen LogP contribution in [0.15, 0.2) is 40.6 Å². The number of carbonyl (C=O) groups excluding carboxylic acids is 1. The third-order valence-electron chi connectivity index (χ3n) is 2.09. The van der Waals surface area contributed by atoms with Gasteiger partial charge >= 0.3 is 0 Å². The zero-order chi connectivity index (χ0) is 11.5. The summed E-state index contributed by atoms with van der Waals surface area (Å²) in [7, 11) is 1.64. The molecule has 2 aromatic rings. The summed E-state index contributed by atoms with van der Waals surface area (Å²) in [6.07, 6.45) is 1.59. The Kier molecular flexibility index (Phi) is 2.87. The van der Waals surface area contributed by atoms with Gasteiger partial charge in [-0.3, -0.25) is 9.59 Å². The van der Waals surface area contributed by atoms with E-state index in [9.17, 15) is 9.59 Å². The molecule has 0 aliphatic rings. The maximum absolute atomic E-state index is 11.7. The summed E-state index contributed by atoms with van der Waals surface area (Å²) >= 11 is 1.38. The van der Waals surface area contributed by atoms with Crippen LogP contribution in [0.2, 0.25) is 0 Å². The standard InChI is InChI=1S/C11H10N2O2S/c1-13-7-8(4-5-10(13)14)12-11(15)9-3-2-6-16-9/h2-7H,1H3,(H,12,15). The topological polar surface area (TPSA) is 51.1 Å². The number of anilines is 1. The average molecular weight is 234 g/mol. The molecule has 2 heterocycles. The quantitative estimate of drug-likeness (QED) is 0.859. The average Bonchev–Trinajstić information content (AvgIpc) is 2.77. The molecule has 0 saturated carbocycles. The minimum Gasteiger partial charge on any atom is -0.320 e. The lowest BCUT2D eigenvalue weighted by Crippen LogP contribution is -2.17. The van der Waals surface area contributed by atoms with Gasteiger partial charge in [-0.05, 0) is 17.5 Å². The molecule has 5 heteroatoms. The molecule has 0 saturated heterocycles. The molecule has 0 unspecified atom stereocenters. The lowest BCUT2D eigenvalue weighted by atomic mass is 10.4. The monoisotopic (exact) mass is 234 g/mol. The normalized spacial score (nSPS) is 10.1. The lowest BCUT2D eigenvalue weighted by Gasteiger charge is -2.04. The largest absolute Gasteiger partial charge is 0.320 e. The molecule has 1 N–H and O–H groups in total. The van der Waals surface area contributed by atoms with Gasteiger partial charge in [0.25, 0.3) is 5.91 Å². The molecular formula is C11H10N2O2S. The first kappa shape index (κ1) is 10.6. The van der Waals surface area contributed by atoms with Crippen molar-refractivity contribution in [3.05, 3.63) is 51.1 Å². The van der Waals surface area contributed by atoms with E-state index in [0.717, 1.165) is 0 Å². The smallest absolute Gasteiger partial charge is 0.265 e. The number of nitrogens with one attached hydrogen (secondary N) is 1. The first-order chi connectivity index (χ1) is 7.66. The van der Waals surface area contributed by atoms with Crippen LogP contribution in [-0.2, 0) is 7.05 Å². The fourth-order valence-corrected chi connectivity index (χ4v) is 1.89. The zero-order valence-electron chi connectivity index (χ0n) is 8.64. The molecule has 0 spiro atoms. The third kappa shape index (κ3) is 2.20. The van der Waals surface area contributed by atoms with Gasteiger partial charge in [0, 0.05) is 19.3 Å². The molecule has 82 valence electrons. The summed E-state index contributed by atoms with van der Waals surface area (Å²) in [6, 6.07) is 6.58. The van der Waals surface area contributed by atoms with E-state index < -0.39 is 0 Å². The van der Waals surface area contributed by atoms with Crippen molar-refractivity contribution in [1.29, 1.82) is 0 Å². The Labute approximate surface area is 96.2 Å². The Morgan fingerprint density at radius 3 is 2.81 bits per heavy atom. The molecule has 0 bridgehead atoms. The molecule has 1 amide bonds. The number of rotatable bonds is 2. The molecule has 2 rings (SSSR count). The second-order valence-electron chi connectivity index (χ2n) is 3.30. The van der Waals surface area contributed by atoms with Crippen molar-refractivity contribution < 1.29 is 4.79 Å². The van der Waals surface area contributed by atoms with Crippen molar-refractivity contribution in [2.45, 2.75) is 0 Å². The summed E-state index contributed by atoms with van der Waals surface area (Å²) in [5.74, 6) is -0.159. The lowest BCUT2D eigenvalue weighted by molar-refractivity contribution is 0.103. The van der Waals surface area contributed by atoms with Gasteiger partial charge in [-0.15, -0.1) is 11.3 Å². The Morgan fingerprint density at radius 2 is 2.19 bits per heavy atom. The highest BCUT2D eigenvalue weighted by Gasteiger charge is 2.06. The molecule has 0 aromatic carbocycles. The van der Waals surface area contributed by atoms with Crippen LogP contribution in [0.4, 0.5) is 5.69 Å². The molecule has 0 aliphatic carbocycles. The molecule has 0 radical (unpaired) electrons. The van der Waals surface area contributed by atoms with E-state index in [1.54, 1.807) is 25.4 Å². The zero-order valence-corrected chi connectivity index (χ0v) is 9.45. The van der Waals surface area contributed by atoms with Crippen molar-refractivity contribution in [2.75, 3.05) is 5.32 Å². The molecule has 0 aliphatic heterocycles. The number of pyridine rings is 1. The second kappa shape index (κ2) is 4.32. The van der Waals surface area contributed by atoms with Gasteiger partial charge in [-0.1, -0.05) is 6.07 Å². The highest BCUT2D eigenvalue weighted by atomic mass is 32.1. The van der Waals surface area contributed by atoms with Gasteiger partial charge in [-0.25, -0.2) is 0 Å². The van der Waals surface area contributed by atoms with Crippen LogP contribution in [0.25, 0.3) is 0 Å². The van der Waals surface area contributed by atoms with Crippen LogP contribution in [-0.4, -0.2) is 10.5 Å². The first-order valence-corrected chi connectivity index (χ1v) is 5.56. The van der Waals surface area contributed by atoms with E-state index in [1.807, 2.05) is 11.4 Å². The van der Waals surface area contributed by atoms with E-state index in [-0.39, 0.29) is 11.5 Å². The van der Waals surface area contributed by atoms with Gasteiger partial charge in [0.1, 0.15) is 0 Å². The van der Waals surface area contributed by atoms with Crippen LogP contribution in [0.3, 0.4) is 0 Å². The minimum atomic E-state index is -0.159. The van der Waals surface area contributed by atoms with Gasteiger partial charge in [0.05, 0.1) is 10.6 Å². The number of hydrogen-bond acceptors (Lipinski definition) is 3. The van der Waals surface area contributed by atoms with Gasteiger partial charge in [-0.2, -0.15) is 0 Å². The Bertz CT molecular complexity index is 558. The molecule has 0 fully saturated rings. The van der Waals surface area contributed by atoms with Gasteiger partial charge in [0.15, 0.2) is 0 Å². The third-order valence-corrected chi connectivity index (χ3v) is 2.96. The fourth-order valence-electron chi connectivity index (χ4n) is 1.27. The summed E-state index contributed by atoms with van der Waals surface area (Å²) < 4.78 is 1.42. The van der Waals surface area contributed by atoms with Crippen molar-refractivity contribution in [3.63, 3.8) is 0 Å². The summed E-state index contributed by atoms with van der Waals surface area (Å²) in [5, 5.41) is 4.57. The van der Waals surface area contributed by atoms with E-state index in [2.05, 4.69) is 5.32 Å². The summed E-state index contributed by atoms with van der Waals surface area (Å²) in [6.45, 7) is 0. The Morgan fingerprint density at radius 1 is 1.38 bits per heavy atom. The van der Waals surface area contributed by atoms with Crippen LogP contribution < -0.4 is 10.9 Å². The molecule has 4 nitrogen and oxygen atoms in total. The van der Waals surface area contributed by atoms with E-state index in [0.29, 0.717) is 10.6 Å². The van der Waals surface area contributed by atoms with Crippen LogP contribution in [0.5, 0.6) is 0 Å². The van der Waals surface area contributed by atoms with Crippen molar-refractivity contribution in [2.24, 2.45) is 7.05 Å². The maximum atomic E-state index is 11.7. The van der Waals surface area contributed by atoms with Crippen molar-refractivity contribution >= 4 is 22.9 Å². The van der Waals surface area contributed by atoms with Crippen LogP contribution >= 0.6 is 11.3 Å². The maximum Gasteiger partial charge on any atom is 0.265 e. The number of aromatic nitrogens is 1. The van der Waals surface area contributed by atoms with Crippen molar-refractivity contribution in [3.8, 4) is 0 Å². The van der Waals surface area contributed by atoms with Gasteiger partial charge in [0.2, 0.25) is 5.56 Å². The SMILES string of the molecule is Cn1cc(NC(=O)c2cccs2)ccc1=O. The first-order valence-electron chi connectivity index (χ1n) is 4.68. The Balaban J connectivity index is 2.18. The van der Waals surface area contributed by atoms with Crippen molar-refractivity contribution in [1.82, 2.24) is 4.57 Å². The molecule has 16 heavy (non-hydrogen) atoms. The number of aryl methyl sites for hydroxylation is 1. The summed E-state index contributed by atoms with van der Waals surface area (Å²) in [5.41, 5.74) is 0.509. The fraction of sp³-hybridized carbons (Fsp3) is 0.0909. The number of carbonyl (C=O) groups is 1. The molecule has 0 atom stereocenters. The van der Waals surface area contributed by atoms with Crippen LogP contribution in [0.1, 0.15) is 9.67 Å². The van der Waals surface area contributed by atoms with E-state index >= 15 is 0 Å². The van der Waals surface area contributed by atoms with E-state index in [1.165, 1.54) is 22.0 Å². The number of thiophene rings is 1. The number of hydrogen-bond donors (Lipinski definition) is 1. The van der Waals surface area contributed by atoms with Crippen LogP contribution in [0, 0.1) is 0 Å². The molecule has 2 aromatic heterocycles. The number of amides is 1. The predicted octanol–water partition coefficient (Wildman–Crippen LogP) is 1.70. The minimum absolute atomic E-state index is 0.103. The number of nitrogens with zero attached hydrogens (tertiary/aromatic N) is 1. The van der Waals surface area contributed by atoms with Gasteiger partial charge < -0.3 is 9.88 Å². The predicted molar refractivity (Wildman–Crippen MR) is 64.0 cm³/mol. The van der Waals surface area contributed by atoms with E-state index in [4.69, 9.17) is 0 Å². The summed E-state index contributed by atoms with van der Waals surface area (Å²) in [4.78, 5) is 23.5.